The van der Waals surface area contributed by atoms with E-state index in [9.17, 15) is 13.2 Å². The second-order valence-electron chi connectivity index (χ2n) is 3.02. The molecule has 0 aromatic carbocycles. The van der Waals surface area contributed by atoms with E-state index in [1.54, 1.807) is 0 Å². The van der Waals surface area contributed by atoms with Gasteiger partial charge in [-0.25, -0.2) is 4.48 Å². The molecule has 60 valence electrons. The van der Waals surface area contributed by atoms with Crippen LogP contribution in [-0.2, 0) is 0 Å². The molecule has 1 saturated heterocycles. The molecule has 1 aliphatic heterocycles. The molecule has 0 N–H and O–H groups in total. The Balaban J connectivity index is 2.67. The van der Waals surface area contributed by atoms with Gasteiger partial charge in [0, 0.05) is 12.8 Å². The van der Waals surface area contributed by atoms with Gasteiger partial charge in [-0.15, -0.1) is 13.2 Å². The molecule has 0 aliphatic carbocycles. The zero-order chi connectivity index (χ0) is 7.83. The molecule has 0 atom stereocenters. The minimum Gasteiger partial charge on any atom is -0.233 e. The van der Waals surface area contributed by atoms with Crippen molar-refractivity contribution >= 4 is 0 Å². The third-order valence-corrected chi connectivity index (χ3v) is 2.17. The highest BCUT2D eigenvalue weighted by molar-refractivity contribution is 4.52. The number of halogens is 3. The maximum Gasteiger partial charge on any atom is 0.560 e. The number of quaternary nitrogens is 1. The molecule has 0 unspecified atom stereocenters. The Labute approximate surface area is 58.0 Å². The van der Waals surface area contributed by atoms with Crippen molar-refractivity contribution in [2.75, 3.05) is 20.1 Å². The Morgan fingerprint density at radius 3 is 1.70 bits per heavy atom. The van der Waals surface area contributed by atoms with Gasteiger partial charge in [0.1, 0.15) is 0 Å². The molecular formula is C6H11F3N+. The van der Waals surface area contributed by atoms with Gasteiger partial charge in [0.25, 0.3) is 0 Å². The van der Waals surface area contributed by atoms with Crippen molar-refractivity contribution in [3.8, 4) is 0 Å². The molecule has 4 heteroatoms. The highest BCUT2D eigenvalue weighted by Crippen LogP contribution is 2.32. The van der Waals surface area contributed by atoms with Crippen LogP contribution in [0, 0.1) is 0 Å². The highest BCUT2D eigenvalue weighted by Gasteiger charge is 2.52. The summed E-state index contributed by atoms with van der Waals surface area (Å²) >= 11 is 0. The number of rotatable bonds is 0. The molecule has 0 spiro atoms. The SMILES string of the molecule is C[N+]1(C(F)(F)F)CCCC1. The Morgan fingerprint density at radius 2 is 1.50 bits per heavy atom. The lowest BCUT2D eigenvalue weighted by Gasteiger charge is -2.29. The monoisotopic (exact) mass is 154 g/mol. The first-order valence-corrected chi connectivity index (χ1v) is 3.37. The largest absolute Gasteiger partial charge is 0.560 e. The van der Waals surface area contributed by atoms with Gasteiger partial charge < -0.3 is 0 Å². The van der Waals surface area contributed by atoms with E-state index in [4.69, 9.17) is 0 Å². The molecule has 0 radical (unpaired) electrons. The predicted molar refractivity (Wildman–Crippen MR) is 31.2 cm³/mol. The van der Waals surface area contributed by atoms with Crippen LogP contribution in [0.25, 0.3) is 0 Å². The average molecular weight is 154 g/mol. The fourth-order valence-electron chi connectivity index (χ4n) is 1.29. The quantitative estimate of drug-likeness (QED) is 0.368. The van der Waals surface area contributed by atoms with Crippen LogP contribution >= 0.6 is 0 Å². The Morgan fingerprint density at radius 1 is 1.10 bits per heavy atom. The van der Waals surface area contributed by atoms with E-state index >= 15 is 0 Å². The fraction of sp³-hybridized carbons (Fsp3) is 1.00. The van der Waals surface area contributed by atoms with Crippen LogP contribution in [0.15, 0.2) is 0 Å². The first-order chi connectivity index (χ1) is 4.46. The Hall–Kier alpha value is -0.250. The zero-order valence-electron chi connectivity index (χ0n) is 5.91. The summed E-state index contributed by atoms with van der Waals surface area (Å²) in [5.41, 5.74) is 0. The van der Waals surface area contributed by atoms with E-state index in [-0.39, 0.29) is 13.1 Å². The van der Waals surface area contributed by atoms with E-state index in [2.05, 4.69) is 0 Å². The van der Waals surface area contributed by atoms with Gasteiger partial charge in [0.15, 0.2) is 0 Å². The van der Waals surface area contributed by atoms with Crippen molar-refractivity contribution < 1.29 is 17.7 Å². The molecule has 0 aromatic heterocycles. The average Bonchev–Trinajstić information content (AvgIpc) is 2.13. The third-order valence-electron chi connectivity index (χ3n) is 2.17. The molecule has 0 bridgehead atoms. The first kappa shape index (κ1) is 7.85. The lowest BCUT2D eigenvalue weighted by molar-refractivity contribution is -1.00. The van der Waals surface area contributed by atoms with Crippen LogP contribution in [0.1, 0.15) is 12.8 Å². The predicted octanol–water partition coefficient (Wildman–Crippen LogP) is 1.75. The number of hydrogen-bond donors (Lipinski definition) is 0. The second-order valence-corrected chi connectivity index (χ2v) is 3.02. The summed E-state index contributed by atoms with van der Waals surface area (Å²) in [5.74, 6) is 0. The molecule has 1 heterocycles. The maximum absolute atomic E-state index is 12.1. The lowest BCUT2D eigenvalue weighted by Crippen LogP contribution is -2.52. The van der Waals surface area contributed by atoms with Crippen molar-refractivity contribution in [2.45, 2.75) is 19.1 Å². The summed E-state index contributed by atoms with van der Waals surface area (Å²) in [6, 6.07) is 0. The van der Waals surface area contributed by atoms with Crippen molar-refractivity contribution in [3.05, 3.63) is 0 Å². The minimum absolute atomic E-state index is 0.253. The highest BCUT2D eigenvalue weighted by atomic mass is 19.4. The van der Waals surface area contributed by atoms with E-state index in [0.29, 0.717) is 12.8 Å². The van der Waals surface area contributed by atoms with Gasteiger partial charge in [0.2, 0.25) is 0 Å². The number of alkyl halides is 3. The zero-order valence-corrected chi connectivity index (χ0v) is 5.91. The van der Waals surface area contributed by atoms with Crippen LogP contribution in [0.4, 0.5) is 13.2 Å². The standard InChI is InChI=1S/C6H11F3N/c1-10(6(7,8)9)4-2-3-5-10/h2-5H2,1H3/q+1. The van der Waals surface area contributed by atoms with E-state index in [1.165, 1.54) is 7.05 Å². The molecule has 1 aliphatic rings. The Kier molecular flexibility index (Phi) is 1.66. The minimum atomic E-state index is -4.05. The normalized spacial score (nSPS) is 25.2. The van der Waals surface area contributed by atoms with Crippen molar-refractivity contribution in [1.82, 2.24) is 0 Å². The van der Waals surface area contributed by atoms with Gasteiger partial charge >= 0.3 is 6.30 Å². The van der Waals surface area contributed by atoms with Crippen LogP contribution in [0.3, 0.4) is 0 Å². The summed E-state index contributed by atoms with van der Waals surface area (Å²) in [6.45, 7) is 0.507. The van der Waals surface area contributed by atoms with Crippen LogP contribution in [0.2, 0.25) is 0 Å². The van der Waals surface area contributed by atoms with Gasteiger partial charge in [-0.1, -0.05) is 0 Å². The molecule has 1 nitrogen and oxygen atoms in total. The number of hydrogen-bond acceptors (Lipinski definition) is 0. The van der Waals surface area contributed by atoms with Crippen LogP contribution < -0.4 is 0 Å². The molecular weight excluding hydrogens is 143 g/mol. The Bertz CT molecular complexity index is 123. The van der Waals surface area contributed by atoms with Gasteiger partial charge in [-0.3, -0.25) is 0 Å². The fourth-order valence-corrected chi connectivity index (χ4v) is 1.29. The molecule has 0 amide bonds. The van der Waals surface area contributed by atoms with Crippen molar-refractivity contribution in [1.29, 1.82) is 0 Å². The van der Waals surface area contributed by atoms with E-state index < -0.39 is 10.8 Å². The summed E-state index contributed by atoms with van der Waals surface area (Å²) < 4.78 is 35.6. The summed E-state index contributed by atoms with van der Waals surface area (Å²) in [4.78, 5) is 0. The smallest absolute Gasteiger partial charge is 0.233 e. The molecule has 0 aromatic rings. The first-order valence-electron chi connectivity index (χ1n) is 3.37. The van der Waals surface area contributed by atoms with Crippen molar-refractivity contribution in [3.63, 3.8) is 0 Å². The summed E-state index contributed by atoms with van der Waals surface area (Å²) in [6.07, 6.45) is -2.64. The van der Waals surface area contributed by atoms with Gasteiger partial charge in [-0.2, -0.15) is 0 Å². The topological polar surface area (TPSA) is 0 Å². The second kappa shape index (κ2) is 2.12. The number of nitrogens with zero attached hydrogens (tertiary/aromatic N) is 1. The van der Waals surface area contributed by atoms with E-state index in [1.807, 2.05) is 0 Å². The molecule has 1 fully saturated rings. The van der Waals surface area contributed by atoms with Gasteiger partial charge in [-0.05, 0) is 0 Å². The molecule has 0 saturated carbocycles. The van der Waals surface area contributed by atoms with Crippen LogP contribution in [-0.4, -0.2) is 30.9 Å². The third kappa shape index (κ3) is 1.12. The molecule has 10 heavy (non-hydrogen) atoms. The number of likely N-dealkylation sites (tertiary alicyclic amines) is 1. The van der Waals surface area contributed by atoms with Crippen molar-refractivity contribution in [2.24, 2.45) is 0 Å². The lowest BCUT2D eigenvalue weighted by atomic mass is 10.4. The van der Waals surface area contributed by atoms with Crippen LogP contribution in [0.5, 0.6) is 0 Å². The summed E-state index contributed by atoms with van der Waals surface area (Å²) in [5, 5.41) is 0. The summed E-state index contributed by atoms with van der Waals surface area (Å²) in [7, 11) is 1.26. The molecule has 1 rings (SSSR count). The van der Waals surface area contributed by atoms with Gasteiger partial charge in [0.05, 0.1) is 20.1 Å². The van der Waals surface area contributed by atoms with E-state index in [0.717, 1.165) is 0 Å². The maximum atomic E-state index is 12.1.